The zero-order valence-corrected chi connectivity index (χ0v) is 12.5. The van der Waals surface area contributed by atoms with E-state index in [0.29, 0.717) is 17.7 Å². The molecule has 1 saturated carbocycles. The van der Waals surface area contributed by atoms with Gasteiger partial charge in [0.25, 0.3) is 0 Å². The van der Waals surface area contributed by atoms with Crippen LogP contribution >= 0.6 is 11.8 Å². The third-order valence-corrected chi connectivity index (χ3v) is 4.87. The number of thioether (sulfide) groups is 1. The molecule has 0 bridgehead atoms. The lowest BCUT2D eigenvalue weighted by Crippen LogP contribution is -2.43. The summed E-state index contributed by atoms with van der Waals surface area (Å²) in [6.45, 7) is 2.26. The summed E-state index contributed by atoms with van der Waals surface area (Å²) in [5.74, 6) is 2.11. The fraction of sp³-hybridized carbons (Fsp3) is 0.714. The molecule has 2 atom stereocenters. The molecule has 1 fully saturated rings. The minimum absolute atomic E-state index is 0.229. The average Bonchev–Trinajstić information content (AvgIpc) is 2.91. The smallest absolute Gasteiger partial charge is 0.232 e. The average molecular weight is 282 g/mol. The number of nitrogens with zero attached hydrogens (tertiary/aromatic N) is 2. The maximum absolute atomic E-state index is 12.2. The summed E-state index contributed by atoms with van der Waals surface area (Å²) in [6, 6.07) is 2.26. The molecule has 1 aromatic rings. The fourth-order valence-corrected chi connectivity index (χ4v) is 3.55. The van der Waals surface area contributed by atoms with Gasteiger partial charge in [0.05, 0.1) is 11.4 Å². The molecule has 1 amide bonds. The molecular formula is C14H22N2O2S. The van der Waals surface area contributed by atoms with Gasteiger partial charge in [0.15, 0.2) is 0 Å². The monoisotopic (exact) mass is 282 g/mol. The molecule has 0 unspecified atom stereocenters. The first-order valence-electron chi connectivity index (χ1n) is 6.91. The molecule has 106 valence electrons. The van der Waals surface area contributed by atoms with E-state index < -0.39 is 0 Å². The van der Waals surface area contributed by atoms with Crippen LogP contribution in [0, 0.1) is 5.92 Å². The minimum atomic E-state index is 0.229. The Hall–Kier alpha value is -0.970. The molecule has 0 N–H and O–H groups in total. The van der Waals surface area contributed by atoms with Gasteiger partial charge in [0.1, 0.15) is 6.26 Å². The van der Waals surface area contributed by atoms with Crippen LogP contribution in [-0.4, -0.2) is 34.8 Å². The summed E-state index contributed by atoms with van der Waals surface area (Å²) in [5.41, 5.74) is 0.895. The zero-order valence-electron chi connectivity index (χ0n) is 11.7. The maximum Gasteiger partial charge on any atom is 0.232 e. The number of hydrogen-bond acceptors (Lipinski definition) is 4. The molecule has 0 saturated heterocycles. The van der Waals surface area contributed by atoms with E-state index in [4.69, 9.17) is 4.52 Å². The number of rotatable bonds is 5. The van der Waals surface area contributed by atoms with Crippen molar-refractivity contribution in [3.63, 3.8) is 0 Å². The largest absolute Gasteiger partial charge is 0.364 e. The predicted octanol–water partition coefficient (Wildman–Crippen LogP) is 2.94. The highest BCUT2D eigenvalue weighted by molar-refractivity contribution is 7.99. The lowest BCUT2D eigenvalue weighted by Gasteiger charge is -2.36. The third-order valence-electron chi connectivity index (χ3n) is 3.92. The van der Waals surface area contributed by atoms with Gasteiger partial charge in [-0.1, -0.05) is 24.9 Å². The second-order valence-corrected chi connectivity index (χ2v) is 6.30. The summed E-state index contributed by atoms with van der Waals surface area (Å²) < 4.78 is 4.77. The van der Waals surface area contributed by atoms with Gasteiger partial charge >= 0.3 is 0 Å². The van der Waals surface area contributed by atoms with Crippen LogP contribution in [0.5, 0.6) is 0 Å². The van der Waals surface area contributed by atoms with Gasteiger partial charge < -0.3 is 9.42 Å². The van der Waals surface area contributed by atoms with Crippen molar-refractivity contribution >= 4 is 17.7 Å². The molecule has 0 aliphatic heterocycles. The molecule has 0 spiro atoms. The lowest BCUT2D eigenvalue weighted by atomic mass is 9.85. The highest BCUT2D eigenvalue weighted by Crippen LogP contribution is 2.27. The Labute approximate surface area is 118 Å². The first kappa shape index (κ1) is 14.4. The van der Waals surface area contributed by atoms with Crippen molar-refractivity contribution < 1.29 is 9.32 Å². The normalized spacial score (nSPS) is 23.3. The summed E-state index contributed by atoms with van der Waals surface area (Å²) >= 11 is 1.60. The van der Waals surface area contributed by atoms with Crippen molar-refractivity contribution in [1.29, 1.82) is 0 Å². The lowest BCUT2D eigenvalue weighted by molar-refractivity contribution is -0.130. The molecule has 4 nitrogen and oxygen atoms in total. The van der Waals surface area contributed by atoms with Crippen LogP contribution < -0.4 is 0 Å². The molecule has 1 aliphatic rings. The second-order valence-electron chi connectivity index (χ2n) is 5.32. The predicted molar refractivity (Wildman–Crippen MR) is 76.9 cm³/mol. The van der Waals surface area contributed by atoms with Crippen molar-refractivity contribution in [2.45, 2.75) is 44.4 Å². The Bertz CT molecular complexity index is 394. The van der Waals surface area contributed by atoms with Crippen LogP contribution in [0.15, 0.2) is 16.9 Å². The van der Waals surface area contributed by atoms with Crippen LogP contribution in [0.25, 0.3) is 0 Å². The van der Waals surface area contributed by atoms with Crippen LogP contribution in [0.3, 0.4) is 0 Å². The Balaban J connectivity index is 1.75. The van der Waals surface area contributed by atoms with E-state index in [1.165, 1.54) is 19.3 Å². The minimum Gasteiger partial charge on any atom is -0.364 e. The number of aromatic nitrogens is 1. The van der Waals surface area contributed by atoms with Crippen molar-refractivity contribution in [3.05, 3.63) is 18.0 Å². The fourth-order valence-electron chi connectivity index (χ4n) is 2.71. The van der Waals surface area contributed by atoms with Gasteiger partial charge in [-0.15, -0.1) is 11.8 Å². The topological polar surface area (TPSA) is 46.3 Å². The molecule has 0 radical (unpaired) electrons. The van der Waals surface area contributed by atoms with Gasteiger partial charge in [-0.25, -0.2) is 0 Å². The highest BCUT2D eigenvalue weighted by Gasteiger charge is 2.27. The SMILES string of the molecule is C[C@@H]1CCCC[C@@H]1N(C)C(=O)CSCc1ccon1. The third kappa shape index (κ3) is 4.00. The van der Waals surface area contributed by atoms with E-state index in [2.05, 4.69) is 12.1 Å². The van der Waals surface area contributed by atoms with Gasteiger partial charge in [0, 0.05) is 24.9 Å². The molecule has 1 heterocycles. The van der Waals surface area contributed by atoms with Crippen molar-refractivity contribution in [3.8, 4) is 0 Å². The van der Waals surface area contributed by atoms with Crippen molar-refractivity contribution in [1.82, 2.24) is 10.1 Å². The van der Waals surface area contributed by atoms with Gasteiger partial charge in [-0.3, -0.25) is 4.79 Å². The molecule has 1 aliphatic carbocycles. The molecule has 0 aromatic carbocycles. The first-order valence-corrected chi connectivity index (χ1v) is 8.06. The molecule has 5 heteroatoms. The van der Waals surface area contributed by atoms with E-state index in [-0.39, 0.29) is 5.91 Å². The van der Waals surface area contributed by atoms with Crippen LogP contribution in [0.2, 0.25) is 0 Å². The van der Waals surface area contributed by atoms with Crippen LogP contribution in [-0.2, 0) is 10.5 Å². The summed E-state index contributed by atoms with van der Waals surface area (Å²) in [4.78, 5) is 14.1. The van der Waals surface area contributed by atoms with Crippen LogP contribution in [0.1, 0.15) is 38.3 Å². The second kappa shape index (κ2) is 6.98. The number of hydrogen-bond donors (Lipinski definition) is 0. The van der Waals surface area contributed by atoms with Crippen LogP contribution in [0.4, 0.5) is 0 Å². The molecule has 19 heavy (non-hydrogen) atoms. The molecule has 2 rings (SSSR count). The maximum atomic E-state index is 12.2. The van der Waals surface area contributed by atoms with Crippen molar-refractivity contribution in [2.75, 3.05) is 12.8 Å². The number of amides is 1. The van der Waals surface area contributed by atoms with Crippen molar-refractivity contribution in [2.24, 2.45) is 5.92 Å². The van der Waals surface area contributed by atoms with Gasteiger partial charge in [-0.05, 0) is 18.8 Å². The standard InChI is InChI=1S/C14H22N2O2S/c1-11-5-3-4-6-13(11)16(2)14(17)10-19-9-12-7-8-18-15-12/h7-8,11,13H,3-6,9-10H2,1-2H3/t11-,13+/m1/s1. The Kier molecular flexibility index (Phi) is 5.31. The van der Waals surface area contributed by atoms with Gasteiger partial charge in [0.2, 0.25) is 5.91 Å². The quantitative estimate of drug-likeness (QED) is 0.833. The Morgan fingerprint density at radius 1 is 1.53 bits per heavy atom. The number of carbonyl (C=O) groups is 1. The number of carbonyl (C=O) groups excluding carboxylic acids is 1. The Morgan fingerprint density at radius 3 is 3.00 bits per heavy atom. The zero-order chi connectivity index (χ0) is 13.7. The Morgan fingerprint density at radius 2 is 2.32 bits per heavy atom. The van der Waals surface area contributed by atoms with E-state index in [9.17, 15) is 4.79 Å². The van der Waals surface area contributed by atoms with Gasteiger partial charge in [-0.2, -0.15) is 0 Å². The van der Waals surface area contributed by atoms with E-state index in [1.807, 2.05) is 18.0 Å². The summed E-state index contributed by atoms with van der Waals surface area (Å²) in [5, 5.41) is 3.84. The first-order chi connectivity index (χ1) is 9.18. The van der Waals surface area contributed by atoms with E-state index >= 15 is 0 Å². The summed E-state index contributed by atoms with van der Waals surface area (Å²) in [7, 11) is 1.95. The van der Waals surface area contributed by atoms with E-state index in [1.54, 1.807) is 18.0 Å². The molecule has 1 aromatic heterocycles. The molecular weight excluding hydrogens is 260 g/mol. The van der Waals surface area contributed by atoms with E-state index in [0.717, 1.165) is 17.9 Å². The summed E-state index contributed by atoms with van der Waals surface area (Å²) in [6.07, 6.45) is 6.51. The highest BCUT2D eigenvalue weighted by atomic mass is 32.2.